The normalized spacial score (nSPS) is 18.3. The van der Waals surface area contributed by atoms with Gasteiger partial charge in [-0.2, -0.15) is 0 Å². The van der Waals surface area contributed by atoms with Crippen LogP contribution in [0.25, 0.3) is 43.4 Å². The summed E-state index contributed by atoms with van der Waals surface area (Å²) in [6.45, 7) is 4.87. The van der Waals surface area contributed by atoms with Crippen molar-refractivity contribution in [1.29, 1.82) is 0 Å². The smallest absolute Gasteiger partial charge is 0.354 e. The van der Waals surface area contributed by atoms with Crippen molar-refractivity contribution in [2.75, 3.05) is 25.6 Å². The Morgan fingerprint density at radius 2 is 1.39 bits per heavy atom. The molecule has 1 aliphatic heterocycles. The van der Waals surface area contributed by atoms with Crippen LogP contribution in [0.3, 0.4) is 0 Å². The molecule has 93 heavy (non-hydrogen) atoms. The summed E-state index contributed by atoms with van der Waals surface area (Å²) in [5, 5.41) is 54.4. The molecule has 9 aromatic rings. The highest BCUT2D eigenvalue weighted by Gasteiger charge is 2.37. The summed E-state index contributed by atoms with van der Waals surface area (Å²) in [6, 6.07) is 12.0. The number of amides is 6. The van der Waals surface area contributed by atoms with E-state index in [4.69, 9.17) is 39.6 Å². The molecule has 8 N–H and O–H groups in total. The molecule has 1 unspecified atom stereocenters. The molecular weight excluding hydrogens is 1310 g/mol. The number of aromatic carboxylic acids is 1. The molecule has 11 rings (SSSR count). The van der Waals surface area contributed by atoms with Crippen LogP contribution in [-0.4, -0.2) is 123 Å². The maximum atomic E-state index is 14.6. The van der Waals surface area contributed by atoms with Crippen molar-refractivity contribution >= 4 is 127 Å². The van der Waals surface area contributed by atoms with E-state index < -0.39 is 90.0 Å². The van der Waals surface area contributed by atoms with Gasteiger partial charge in [-0.1, -0.05) is 44.2 Å². The number of nitrogens with zero attached hydrogens (tertiary/aromatic N) is 9. The lowest BCUT2D eigenvalue weighted by Crippen LogP contribution is -2.40. The van der Waals surface area contributed by atoms with E-state index >= 15 is 0 Å². The first-order chi connectivity index (χ1) is 44.7. The van der Waals surface area contributed by atoms with Crippen molar-refractivity contribution in [2.24, 2.45) is 17.8 Å². The number of hydrogen-bond acceptors (Lipinski definition) is 24. The molecule has 32 heteroatoms. The lowest BCUT2D eigenvalue weighted by molar-refractivity contribution is -0.144. The number of aliphatic carboxylic acids is 1. The Balaban J connectivity index is 0.998. The third-order valence-corrected chi connectivity index (χ3v) is 21.0. The molecule has 1 fully saturated rings. The van der Waals surface area contributed by atoms with E-state index in [0.717, 1.165) is 56.7 Å². The SMILES string of the molecule is CNC(=O)C[C@@H]1NC(=O)c2csc(n2)-c2ccc(-c3nc(N(C(=O)C4CCC(C(=O)O)CC4)c4ccnc(C(=O)O)c4)cs3)nc2-c2csc(n2)-c2csc(n2)[C@H]([C@@H](O)c2ccccc2)NC(=O)CNC(=O)c2nc(sc2COC)C(C(C)C)NC(=O)c2nc1sc2C. The minimum absolute atomic E-state index is 0.0176. The molecule has 8 aromatic heterocycles. The van der Waals surface area contributed by atoms with Crippen LogP contribution in [0.4, 0.5) is 11.5 Å². The summed E-state index contributed by atoms with van der Waals surface area (Å²) in [7, 11) is 2.91. The molecule has 0 saturated heterocycles. The zero-order valence-electron chi connectivity index (χ0n) is 50.1. The highest BCUT2D eigenvalue weighted by atomic mass is 32.1. The van der Waals surface area contributed by atoms with Crippen LogP contribution < -0.4 is 31.5 Å². The number of aliphatic hydroxyl groups is 1. The second kappa shape index (κ2) is 28.5. The Hall–Kier alpha value is -9.02. The van der Waals surface area contributed by atoms with Crippen molar-refractivity contribution in [2.45, 2.75) is 83.7 Å². The molecule has 6 amide bonds. The van der Waals surface area contributed by atoms with Gasteiger partial charge in [-0.3, -0.25) is 38.5 Å². The van der Waals surface area contributed by atoms with Gasteiger partial charge in [0.25, 0.3) is 17.7 Å². The Bertz CT molecular complexity index is 4320. The predicted molar refractivity (Wildman–Crippen MR) is 348 cm³/mol. The molecular formula is C61H58N14O12S6. The molecule has 9 heterocycles. The topological polar surface area (TPSA) is 373 Å². The number of aryl methyl sites for hydroxylation is 1. The third-order valence-electron chi connectivity index (χ3n) is 15.3. The number of rotatable bonds is 13. The fourth-order valence-electron chi connectivity index (χ4n) is 10.5. The second-order valence-corrected chi connectivity index (χ2v) is 27.7. The third kappa shape index (κ3) is 14.5. The lowest BCUT2D eigenvalue weighted by Gasteiger charge is -2.30. The van der Waals surface area contributed by atoms with Crippen molar-refractivity contribution < 1.29 is 58.4 Å². The van der Waals surface area contributed by atoms with Gasteiger partial charge in [-0.05, 0) is 68.4 Å². The quantitative estimate of drug-likeness (QED) is 0.0533. The Kier molecular flexibility index (Phi) is 20.0. The van der Waals surface area contributed by atoms with Crippen LogP contribution >= 0.6 is 68.0 Å². The van der Waals surface area contributed by atoms with Crippen molar-refractivity contribution in [3.05, 3.63) is 135 Å². The fourth-order valence-corrected chi connectivity index (χ4v) is 16.0. The number of hydrogen-bond donors (Lipinski definition) is 8. The number of aromatic nitrogens is 8. The number of anilines is 2. The van der Waals surface area contributed by atoms with E-state index in [-0.39, 0.29) is 89.6 Å². The highest BCUT2D eigenvalue weighted by Crippen LogP contribution is 2.42. The van der Waals surface area contributed by atoms with Gasteiger partial charge in [0.05, 0.1) is 53.8 Å². The molecule has 480 valence electrons. The first-order valence-electron chi connectivity index (χ1n) is 28.9. The number of thiazole rings is 6. The average Bonchev–Trinajstić information content (AvgIpc) is 1.72. The van der Waals surface area contributed by atoms with Gasteiger partial charge in [0.1, 0.15) is 82.0 Å². The molecule has 26 nitrogen and oxygen atoms in total. The number of carbonyl (C=O) groups excluding carboxylic acids is 6. The van der Waals surface area contributed by atoms with Gasteiger partial charge in [-0.25, -0.2) is 44.7 Å². The number of pyridine rings is 2. The molecule has 1 saturated carbocycles. The van der Waals surface area contributed by atoms with Gasteiger partial charge in [-0.15, -0.1) is 68.0 Å². The number of carbonyl (C=O) groups is 8. The Morgan fingerprint density at radius 3 is 2.12 bits per heavy atom. The number of nitrogens with one attached hydrogen (secondary N) is 5. The number of ether oxygens (including phenoxy) is 1. The van der Waals surface area contributed by atoms with Crippen LogP contribution in [0, 0.1) is 24.7 Å². The molecule has 1 aliphatic carbocycles. The number of aliphatic hydroxyl groups excluding tert-OH is 1. The highest BCUT2D eigenvalue weighted by molar-refractivity contribution is 7.15. The van der Waals surface area contributed by atoms with Gasteiger partial charge in [0.15, 0.2) is 5.82 Å². The number of fused-ring (bicyclic) bond motifs is 14. The van der Waals surface area contributed by atoms with Crippen LogP contribution in [-0.2, 0) is 30.5 Å². The van der Waals surface area contributed by atoms with Crippen molar-refractivity contribution in [3.8, 4) is 43.4 Å². The maximum Gasteiger partial charge on any atom is 0.354 e. The van der Waals surface area contributed by atoms with Crippen LogP contribution in [0.2, 0.25) is 0 Å². The van der Waals surface area contributed by atoms with Gasteiger partial charge in [0.2, 0.25) is 17.7 Å². The molecule has 10 bridgehead atoms. The van der Waals surface area contributed by atoms with Crippen molar-refractivity contribution in [3.63, 3.8) is 0 Å². The molecule has 4 atom stereocenters. The summed E-state index contributed by atoms with van der Waals surface area (Å²) in [4.78, 5) is 149. The Labute approximate surface area is 554 Å². The summed E-state index contributed by atoms with van der Waals surface area (Å²) in [5.74, 6) is -7.00. The number of carboxylic acids is 2. The van der Waals surface area contributed by atoms with E-state index in [9.17, 15) is 53.7 Å². The van der Waals surface area contributed by atoms with E-state index in [1.54, 1.807) is 70.9 Å². The zero-order valence-corrected chi connectivity index (χ0v) is 55.0. The summed E-state index contributed by atoms with van der Waals surface area (Å²) in [6.07, 6.45) is 0.833. The number of carboxylic acid groups (broad SMARTS) is 2. The van der Waals surface area contributed by atoms with Gasteiger partial charge < -0.3 is 46.6 Å². The minimum atomic E-state index is -1.32. The van der Waals surface area contributed by atoms with Crippen molar-refractivity contribution in [1.82, 2.24) is 66.5 Å². The van der Waals surface area contributed by atoms with Crippen LogP contribution in [0.15, 0.2) is 82.3 Å². The number of methoxy groups -OCH3 is 1. The predicted octanol–water partition coefficient (Wildman–Crippen LogP) is 8.96. The van der Waals surface area contributed by atoms with E-state index in [1.165, 1.54) is 48.7 Å². The first-order valence-corrected chi connectivity index (χ1v) is 34.1. The fraction of sp³-hybridized carbons (Fsp3) is 0.311. The maximum absolute atomic E-state index is 14.6. The molecule has 0 radical (unpaired) electrons. The summed E-state index contributed by atoms with van der Waals surface area (Å²) in [5.41, 5.74) is 2.10. The van der Waals surface area contributed by atoms with Gasteiger partial charge in [0, 0.05) is 58.2 Å². The van der Waals surface area contributed by atoms with Crippen LogP contribution in [0.5, 0.6) is 0 Å². The second-order valence-electron chi connectivity index (χ2n) is 21.9. The lowest BCUT2D eigenvalue weighted by atomic mass is 9.81. The molecule has 0 spiro atoms. The zero-order chi connectivity index (χ0) is 65.8. The molecule has 1 aromatic carbocycles. The average molecular weight is 1370 g/mol. The minimum Gasteiger partial charge on any atom is -0.481 e. The van der Waals surface area contributed by atoms with Crippen LogP contribution in [0.1, 0.15) is 142 Å². The standard InChI is InChI=1S/C61H58N14O12S6/c1-27(2)44-58-74-47(40(93-58)22-87-5)51(80)64-21-43(77)71-48(49(78)29-9-7-6-8-10-29)57-69-39(25-90-57)55-67-37(23-89-55)46-33(53-68-38(24-88-53)50(79)66-35(20-42(76)62-4)56-73-45(28(3)92-56)52(81)72-44)15-16-34(65-46)54-70-41(26-91-54)75(32-17-18-63-36(19-32)61(85)86)59(82)30-11-13-31(14-12-30)60(83)84/h6-10,15-19,23-27,30-31,35,44,48-49,78H,11-14,20-22H2,1-5H3,(H,62,76)(H,64,80)(H,66,79)(H,71,77)(H,72,81)(H,83,84)(H,85,86)/t30?,31?,35-,44?,48-,49-/m0/s1. The Morgan fingerprint density at radius 1 is 0.688 bits per heavy atom. The summed E-state index contributed by atoms with van der Waals surface area (Å²) >= 11 is 6.94. The monoisotopic (exact) mass is 1370 g/mol. The largest absolute Gasteiger partial charge is 0.481 e. The first kappa shape index (κ1) is 65.5. The van der Waals surface area contributed by atoms with E-state index in [0.29, 0.717) is 63.0 Å². The van der Waals surface area contributed by atoms with E-state index in [1.807, 2.05) is 13.8 Å². The molecule has 2 aliphatic rings. The summed E-state index contributed by atoms with van der Waals surface area (Å²) < 4.78 is 5.46. The number of benzene rings is 1. The van der Waals surface area contributed by atoms with E-state index in [2.05, 4.69) is 31.6 Å². The van der Waals surface area contributed by atoms with Gasteiger partial charge >= 0.3 is 11.9 Å².